The highest BCUT2D eigenvalue weighted by molar-refractivity contribution is 7.97. The number of carbonyl (C=O) groups excluding carboxylic acids is 1. The lowest BCUT2D eigenvalue weighted by atomic mass is 10.4. The molecule has 0 radical (unpaired) electrons. The van der Waals surface area contributed by atoms with Gasteiger partial charge in [0.15, 0.2) is 0 Å². The quantitative estimate of drug-likeness (QED) is 0.545. The first-order valence-electron chi connectivity index (χ1n) is 3.20. The fourth-order valence-corrected chi connectivity index (χ4v) is 1.01. The Morgan fingerprint density at radius 1 is 1.67 bits per heavy atom. The van der Waals surface area contributed by atoms with Crippen molar-refractivity contribution in [3.05, 3.63) is 23.9 Å². The van der Waals surface area contributed by atoms with Crippen molar-refractivity contribution in [3.8, 4) is 0 Å². The molecule has 0 atom stereocenters. The van der Waals surface area contributed by atoms with E-state index in [4.69, 9.17) is 5.14 Å². The summed E-state index contributed by atoms with van der Waals surface area (Å²) in [7, 11) is 1.31. The van der Waals surface area contributed by atoms with Crippen molar-refractivity contribution in [2.45, 2.75) is 5.03 Å². The molecule has 1 aromatic heterocycles. The number of esters is 1. The van der Waals surface area contributed by atoms with Gasteiger partial charge in [0.2, 0.25) is 0 Å². The van der Waals surface area contributed by atoms with Gasteiger partial charge in [-0.3, -0.25) is 5.14 Å². The van der Waals surface area contributed by atoms with Gasteiger partial charge in [-0.05, 0) is 24.1 Å². The van der Waals surface area contributed by atoms with E-state index in [0.29, 0.717) is 5.03 Å². The number of pyridine rings is 1. The summed E-state index contributed by atoms with van der Waals surface area (Å²) in [6.07, 6.45) is 0. The van der Waals surface area contributed by atoms with Crippen molar-refractivity contribution in [3.63, 3.8) is 0 Å². The van der Waals surface area contributed by atoms with Crippen LogP contribution in [0.1, 0.15) is 10.5 Å². The minimum Gasteiger partial charge on any atom is -0.464 e. The maximum atomic E-state index is 10.9. The van der Waals surface area contributed by atoms with Gasteiger partial charge >= 0.3 is 5.97 Å². The van der Waals surface area contributed by atoms with Crippen molar-refractivity contribution < 1.29 is 9.53 Å². The van der Waals surface area contributed by atoms with Crippen LogP contribution in [0.4, 0.5) is 0 Å². The van der Waals surface area contributed by atoms with E-state index < -0.39 is 5.97 Å². The van der Waals surface area contributed by atoms with Gasteiger partial charge < -0.3 is 4.74 Å². The Bertz CT molecular complexity index is 290. The zero-order valence-electron chi connectivity index (χ0n) is 6.48. The summed E-state index contributed by atoms with van der Waals surface area (Å²) in [4.78, 5) is 14.9. The highest BCUT2D eigenvalue weighted by Crippen LogP contribution is 2.08. The average Bonchev–Trinajstić information content (AvgIpc) is 2.17. The number of carbonyl (C=O) groups is 1. The molecule has 2 N–H and O–H groups in total. The Kier molecular flexibility index (Phi) is 3.07. The number of ether oxygens (including phenoxy) is 1. The highest BCUT2D eigenvalue weighted by atomic mass is 32.2. The molecule has 0 saturated carbocycles. The normalized spacial score (nSPS) is 9.50. The molecule has 1 heterocycles. The van der Waals surface area contributed by atoms with Crippen LogP contribution in [0.15, 0.2) is 23.2 Å². The van der Waals surface area contributed by atoms with Crippen molar-refractivity contribution in [2.24, 2.45) is 5.14 Å². The van der Waals surface area contributed by atoms with Crippen LogP contribution in [0.3, 0.4) is 0 Å². The summed E-state index contributed by atoms with van der Waals surface area (Å²) in [5.41, 5.74) is 0.271. The first-order chi connectivity index (χ1) is 5.77. The van der Waals surface area contributed by atoms with Gasteiger partial charge in [-0.2, -0.15) is 0 Å². The van der Waals surface area contributed by atoms with Crippen LogP contribution in [-0.4, -0.2) is 18.1 Å². The monoisotopic (exact) mass is 184 g/mol. The lowest BCUT2D eigenvalue weighted by Gasteiger charge is -1.98. The summed E-state index contributed by atoms with van der Waals surface area (Å²) < 4.78 is 4.48. The molecule has 12 heavy (non-hydrogen) atoms. The Labute approximate surface area is 74.3 Å². The molecule has 4 nitrogen and oxygen atoms in total. The minimum atomic E-state index is -0.453. The zero-order chi connectivity index (χ0) is 8.97. The van der Waals surface area contributed by atoms with E-state index in [1.165, 1.54) is 7.11 Å². The molecular weight excluding hydrogens is 176 g/mol. The third-order valence-electron chi connectivity index (χ3n) is 1.24. The van der Waals surface area contributed by atoms with E-state index in [2.05, 4.69) is 9.72 Å². The van der Waals surface area contributed by atoms with Gasteiger partial charge in [0.1, 0.15) is 10.7 Å². The third kappa shape index (κ3) is 1.96. The Morgan fingerprint density at radius 2 is 2.42 bits per heavy atom. The standard InChI is InChI=1S/C7H8N2O2S/c1-11-7(10)5-3-2-4-6(9-5)12-8/h2-4H,8H2,1H3. The maximum absolute atomic E-state index is 10.9. The topological polar surface area (TPSA) is 65.2 Å². The van der Waals surface area contributed by atoms with Crippen LogP contribution in [-0.2, 0) is 4.74 Å². The molecule has 1 rings (SSSR count). The molecule has 0 fully saturated rings. The SMILES string of the molecule is COC(=O)c1cccc(SN)n1. The Hall–Kier alpha value is -1.07. The number of aromatic nitrogens is 1. The van der Waals surface area contributed by atoms with Crippen molar-refractivity contribution in [1.29, 1.82) is 0 Å². The maximum Gasteiger partial charge on any atom is 0.356 e. The lowest BCUT2D eigenvalue weighted by Crippen LogP contribution is -2.04. The van der Waals surface area contributed by atoms with Gasteiger partial charge in [-0.15, -0.1) is 0 Å². The second-order valence-corrected chi connectivity index (χ2v) is 2.62. The Morgan fingerprint density at radius 3 is 3.00 bits per heavy atom. The van der Waals surface area contributed by atoms with Gasteiger partial charge in [0, 0.05) is 0 Å². The number of rotatable bonds is 2. The minimum absolute atomic E-state index is 0.271. The molecule has 5 heteroatoms. The van der Waals surface area contributed by atoms with Crippen LogP contribution >= 0.6 is 11.9 Å². The number of hydrogen-bond acceptors (Lipinski definition) is 5. The predicted octanol–water partition coefficient (Wildman–Crippen LogP) is 0.834. The summed E-state index contributed by atoms with van der Waals surface area (Å²) in [6.45, 7) is 0. The van der Waals surface area contributed by atoms with E-state index in [-0.39, 0.29) is 5.69 Å². The van der Waals surface area contributed by atoms with E-state index in [1.807, 2.05) is 0 Å². The van der Waals surface area contributed by atoms with Gasteiger partial charge in [0.05, 0.1) is 7.11 Å². The zero-order valence-corrected chi connectivity index (χ0v) is 7.30. The van der Waals surface area contributed by atoms with Crippen molar-refractivity contribution in [2.75, 3.05) is 7.11 Å². The lowest BCUT2D eigenvalue weighted by molar-refractivity contribution is 0.0593. The smallest absolute Gasteiger partial charge is 0.356 e. The van der Waals surface area contributed by atoms with Crippen LogP contribution in [0.25, 0.3) is 0 Å². The summed E-state index contributed by atoms with van der Waals surface area (Å²) in [5.74, 6) is -0.453. The predicted molar refractivity (Wildman–Crippen MR) is 45.6 cm³/mol. The Balaban J connectivity index is 2.93. The molecule has 0 bridgehead atoms. The first kappa shape index (κ1) is 9.02. The van der Waals surface area contributed by atoms with Crippen LogP contribution in [0.2, 0.25) is 0 Å². The van der Waals surface area contributed by atoms with E-state index in [1.54, 1.807) is 18.2 Å². The van der Waals surface area contributed by atoms with Crippen molar-refractivity contribution in [1.82, 2.24) is 4.98 Å². The third-order valence-corrected chi connectivity index (χ3v) is 1.71. The van der Waals surface area contributed by atoms with Crippen LogP contribution in [0.5, 0.6) is 0 Å². The van der Waals surface area contributed by atoms with E-state index >= 15 is 0 Å². The van der Waals surface area contributed by atoms with E-state index in [0.717, 1.165) is 11.9 Å². The average molecular weight is 184 g/mol. The molecule has 1 aromatic rings. The first-order valence-corrected chi connectivity index (χ1v) is 4.08. The van der Waals surface area contributed by atoms with E-state index in [9.17, 15) is 4.79 Å². The fraction of sp³-hybridized carbons (Fsp3) is 0.143. The largest absolute Gasteiger partial charge is 0.464 e. The molecular formula is C7H8N2O2S. The molecule has 0 amide bonds. The molecule has 0 unspecified atom stereocenters. The molecule has 64 valence electrons. The van der Waals surface area contributed by atoms with Gasteiger partial charge in [-0.25, -0.2) is 9.78 Å². The number of nitrogens with two attached hydrogens (primary N) is 1. The molecule has 0 aromatic carbocycles. The second-order valence-electron chi connectivity index (χ2n) is 1.97. The molecule has 0 aliphatic rings. The highest BCUT2D eigenvalue weighted by Gasteiger charge is 2.06. The van der Waals surface area contributed by atoms with Crippen molar-refractivity contribution >= 4 is 17.9 Å². The van der Waals surface area contributed by atoms with Crippen LogP contribution < -0.4 is 5.14 Å². The van der Waals surface area contributed by atoms with Crippen LogP contribution in [0, 0.1) is 0 Å². The number of hydrogen-bond donors (Lipinski definition) is 1. The summed E-state index contributed by atoms with van der Waals surface area (Å²) in [5, 5.41) is 5.86. The molecule has 0 aliphatic heterocycles. The number of nitrogens with zero attached hydrogens (tertiary/aromatic N) is 1. The van der Waals surface area contributed by atoms with Gasteiger partial charge in [-0.1, -0.05) is 6.07 Å². The summed E-state index contributed by atoms with van der Waals surface area (Å²) in [6, 6.07) is 5.00. The van der Waals surface area contributed by atoms with Gasteiger partial charge in [0.25, 0.3) is 0 Å². The molecule has 0 aliphatic carbocycles. The second kappa shape index (κ2) is 4.08. The number of methoxy groups -OCH3 is 1. The summed E-state index contributed by atoms with van der Waals surface area (Å²) >= 11 is 0.992. The molecule has 0 spiro atoms. The molecule has 0 saturated heterocycles. The fourth-order valence-electron chi connectivity index (χ4n) is 0.699.